The molecule has 1 heterocycles. The predicted molar refractivity (Wildman–Crippen MR) is 77.9 cm³/mol. The van der Waals surface area contributed by atoms with Gasteiger partial charge < -0.3 is 4.90 Å². The molecule has 0 aliphatic heterocycles. The second-order valence-corrected chi connectivity index (χ2v) is 7.93. The van der Waals surface area contributed by atoms with E-state index in [0.29, 0.717) is 13.1 Å². The molecule has 94 valence electrons. The Hall–Kier alpha value is -0.320. The van der Waals surface area contributed by atoms with Gasteiger partial charge in [0, 0.05) is 11.4 Å². The molecule has 17 heavy (non-hydrogen) atoms. The summed E-state index contributed by atoms with van der Waals surface area (Å²) in [4.78, 5) is 15.0. The molecule has 1 amide bonds. The molecule has 0 aromatic carbocycles. The van der Waals surface area contributed by atoms with Crippen LogP contribution in [0.4, 0.5) is 0 Å². The van der Waals surface area contributed by atoms with Gasteiger partial charge >= 0.3 is 0 Å². The van der Waals surface area contributed by atoms with E-state index < -0.39 is 4.32 Å². The first kappa shape index (κ1) is 14.7. The van der Waals surface area contributed by atoms with E-state index >= 15 is 0 Å². The number of alkyl halides is 1. The van der Waals surface area contributed by atoms with Gasteiger partial charge in [-0.25, -0.2) is 0 Å². The van der Waals surface area contributed by atoms with E-state index in [1.54, 1.807) is 11.0 Å². The number of thiophene rings is 1. The molecule has 0 fully saturated rings. The average molecular weight is 337 g/mol. The molecule has 0 saturated carbocycles. The van der Waals surface area contributed by atoms with Crippen LogP contribution in [0, 0.1) is 0 Å². The smallest absolute Gasteiger partial charge is 0.239 e. The van der Waals surface area contributed by atoms with Crippen LogP contribution in [0.25, 0.3) is 0 Å². The summed E-state index contributed by atoms with van der Waals surface area (Å²) in [6, 6.07) is 3.79. The standard InChI is InChI=1S/C12H15BrClNOS/c1-4-7-15(11(16)12(2,3)13)8-9-5-6-10(14)17-9/h4-6H,1,7-8H2,2-3H3. The van der Waals surface area contributed by atoms with Gasteiger partial charge in [0.05, 0.1) is 15.2 Å². The maximum atomic E-state index is 12.2. The minimum atomic E-state index is -0.558. The number of hydrogen-bond acceptors (Lipinski definition) is 2. The van der Waals surface area contributed by atoms with Gasteiger partial charge in [0.25, 0.3) is 0 Å². The van der Waals surface area contributed by atoms with Crippen molar-refractivity contribution in [2.45, 2.75) is 24.7 Å². The fourth-order valence-electron chi connectivity index (χ4n) is 1.38. The normalized spacial score (nSPS) is 11.3. The molecule has 0 aliphatic rings. The molecule has 1 rings (SSSR count). The van der Waals surface area contributed by atoms with Gasteiger partial charge in [0.15, 0.2) is 0 Å². The monoisotopic (exact) mass is 335 g/mol. The van der Waals surface area contributed by atoms with Crippen molar-refractivity contribution in [3.05, 3.63) is 34.0 Å². The molecular weight excluding hydrogens is 322 g/mol. The van der Waals surface area contributed by atoms with Crippen LogP contribution < -0.4 is 0 Å². The highest BCUT2D eigenvalue weighted by Crippen LogP contribution is 2.25. The van der Waals surface area contributed by atoms with Crippen LogP contribution in [0.2, 0.25) is 4.34 Å². The van der Waals surface area contributed by atoms with Crippen molar-refractivity contribution in [3.8, 4) is 0 Å². The van der Waals surface area contributed by atoms with E-state index in [-0.39, 0.29) is 5.91 Å². The van der Waals surface area contributed by atoms with E-state index in [1.165, 1.54) is 11.3 Å². The van der Waals surface area contributed by atoms with Crippen LogP contribution in [0.3, 0.4) is 0 Å². The third-order valence-corrected chi connectivity index (χ3v) is 3.68. The molecule has 1 aromatic heterocycles. The lowest BCUT2D eigenvalue weighted by Crippen LogP contribution is -2.41. The second kappa shape index (κ2) is 6.03. The predicted octanol–water partition coefficient (Wildman–Crippen LogP) is 4.09. The molecule has 0 aliphatic carbocycles. The zero-order valence-electron chi connectivity index (χ0n) is 9.87. The SMILES string of the molecule is C=CCN(Cc1ccc(Cl)s1)C(=O)C(C)(C)Br. The maximum Gasteiger partial charge on any atom is 0.239 e. The Kier molecular flexibility index (Phi) is 5.22. The first-order chi connectivity index (χ1) is 7.84. The minimum Gasteiger partial charge on any atom is -0.333 e. The van der Waals surface area contributed by atoms with E-state index in [2.05, 4.69) is 22.5 Å². The third kappa shape index (κ3) is 4.45. The molecule has 0 unspecified atom stereocenters. The molecule has 0 radical (unpaired) electrons. The van der Waals surface area contributed by atoms with Gasteiger partial charge in [0.1, 0.15) is 0 Å². The van der Waals surface area contributed by atoms with Gasteiger partial charge in [0.2, 0.25) is 5.91 Å². The summed E-state index contributed by atoms with van der Waals surface area (Å²) < 4.78 is 0.181. The number of hydrogen-bond donors (Lipinski definition) is 0. The lowest BCUT2D eigenvalue weighted by atomic mass is 10.2. The Morgan fingerprint density at radius 3 is 2.71 bits per heavy atom. The van der Waals surface area contributed by atoms with E-state index in [1.807, 2.05) is 26.0 Å². The first-order valence-corrected chi connectivity index (χ1v) is 7.16. The number of carbonyl (C=O) groups excluding carboxylic acids is 1. The number of amides is 1. The fourth-order valence-corrected chi connectivity index (χ4v) is 2.73. The quantitative estimate of drug-likeness (QED) is 0.586. The molecule has 0 spiro atoms. The number of nitrogens with zero attached hydrogens (tertiary/aromatic N) is 1. The largest absolute Gasteiger partial charge is 0.333 e. The molecule has 0 saturated heterocycles. The van der Waals surface area contributed by atoms with Crippen molar-refractivity contribution in [1.29, 1.82) is 0 Å². The highest BCUT2D eigenvalue weighted by atomic mass is 79.9. The second-order valence-electron chi connectivity index (χ2n) is 4.15. The van der Waals surface area contributed by atoms with Crippen molar-refractivity contribution in [2.75, 3.05) is 6.54 Å². The van der Waals surface area contributed by atoms with Crippen molar-refractivity contribution in [1.82, 2.24) is 4.90 Å². The molecule has 2 nitrogen and oxygen atoms in total. The topological polar surface area (TPSA) is 20.3 Å². The highest BCUT2D eigenvalue weighted by Gasteiger charge is 2.28. The van der Waals surface area contributed by atoms with Crippen molar-refractivity contribution < 1.29 is 4.79 Å². The highest BCUT2D eigenvalue weighted by molar-refractivity contribution is 9.10. The lowest BCUT2D eigenvalue weighted by Gasteiger charge is -2.27. The Morgan fingerprint density at radius 2 is 2.29 bits per heavy atom. The molecule has 0 atom stereocenters. The van der Waals surface area contributed by atoms with E-state index in [9.17, 15) is 4.79 Å². The van der Waals surface area contributed by atoms with Gasteiger partial charge in [-0.1, -0.05) is 33.6 Å². The Bertz CT molecular complexity index is 411. The Labute approximate surface area is 119 Å². The summed E-state index contributed by atoms with van der Waals surface area (Å²) in [6.45, 7) is 8.46. The summed E-state index contributed by atoms with van der Waals surface area (Å²) in [6.07, 6.45) is 1.73. The first-order valence-electron chi connectivity index (χ1n) is 5.18. The molecule has 0 bridgehead atoms. The Morgan fingerprint density at radius 1 is 1.65 bits per heavy atom. The molecule has 5 heteroatoms. The van der Waals surface area contributed by atoms with Crippen LogP contribution in [-0.4, -0.2) is 21.7 Å². The molecule has 1 aromatic rings. The summed E-state index contributed by atoms with van der Waals surface area (Å²) >= 11 is 10.8. The average Bonchev–Trinajstić information content (AvgIpc) is 2.61. The van der Waals surface area contributed by atoms with E-state index in [4.69, 9.17) is 11.6 Å². The Balaban J connectivity index is 2.79. The summed E-state index contributed by atoms with van der Waals surface area (Å²) in [5.74, 6) is 0.0434. The van der Waals surface area contributed by atoms with Crippen molar-refractivity contribution >= 4 is 44.8 Å². The van der Waals surface area contributed by atoms with Crippen LogP contribution in [0.15, 0.2) is 24.8 Å². The van der Waals surface area contributed by atoms with Crippen molar-refractivity contribution in [2.24, 2.45) is 0 Å². The van der Waals surface area contributed by atoms with Crippen LogP contribution in [-0.2, 0) is 11.3 Å². The van der Waals surface area contributed by atoms with Gasteiger partial charge in [-0.2, -0.15) is 0 Å². The van der Waals surface area contributed by atoms with Gasteiger partial charge in [-0.3, -0.25) is 4.79 Å². The maximum absolute atomic E-state index is 12.2. The summed E-state index contributed by atoms with van der Waals surface area (Å²) in [5.41, 5.74) is 0. The van der Waals surface area contributed by atoms with Crippen LogP contribution >= 0.6 is 38.9 Å². The lowest BCUT2D eigenvalue weighted by molar-refractivity contribution is -0.132. The van der Waals surface area contributed by atoms with Crippen molar-refractivity contribution in [3.63, 3.8) is 0 Å². The molecular formula is C12H15BrClNOS. The summed E-state index contributed by atoms with van der Waals surface area (Å²) in [7, 11) is 0. The number of halogens is 2. The fraction of sp³-hybridized carbons (Fsp3) is 0.417. The zero-order chi connectivity index (χ0) is 13.1. The van der Waals surface area contributed by atoms with Gasteiger partial charge in [-0.15, -0.1) is 17.9 Å². The molecule has 0 N–H and O–H groups in total. The van der Waals surface area contributed by atoms with Gasteiger partial charge in [-0.05, 0) is 26.0 Å². The van der Waals surface area contributed by atoms with Crippen LogP contribution in [0.5, 0.6) is 0 Å². The van der Waals surface area contributed by atoms with Crippen LogP contribution in [0.1, 0.15) is 18.7 Å². The minimum absolute atomic E-state index is 0.0434. The summed E-state index contributed by atoms with van der Waals surface area (Å²) in [5, 5.41) is 0. The number of rotatable bonds is 5. The zero-order valence-corrected chi connectivity index (χ0v) is 13.0. The van der Waals surface area contributed by atoms with E-state index in [0.717, 1.165) is 9.21 Å². The number of carbonyl (C=O) groups is 1. The third-order valence-electron chi connectivity index (χ3n) is 2.12.